The third-order valence-electron chi connectivity index (χ3n) is 3.21. The highest BCUT2D eigenvalue weighted by molar-refractivity contribution is 7.97. The molecule has 3 nitrogen and oxygen atoms in total. The van der Waals surface area contributed by atoms with E-state index in [9.17, 15) is 26.7 Å². The van der Waals surface area contributed by atoms with Gasteiger partial charge in [0, 0.05) is 5.75 Å². The number of thioether (sulfide) groups is 1. The van der Waals surface area contributed by atoms with Crippen LogP contribution in [0.25, 0.3) is 0 Å². The molecule has 0 N–H and O–H groups in total. The molecule has 136 valence electrons. The van der Waals surface area contributed by atoms with Crippen LogP contribution in [0.4, 0.5) is 22.0 Å². The van der Waals surface area contributed by atoms with Gasteiger partial charge in [-0.3, -0.25) is 0 Å². The number of hydrogen-bond donors (Lipinski definition) is 0. The van der Waals surface area contributed by atoms with E-state index in [1.165, 1.54) is 0 Å². The van der Waals surface area contributed by atoms with Crippen molar-refractivity contribution in [2.45, 2.75) is 38.6 Å². The summed E-state index contributed by atoms with van der Waals surface area (Å²) in [7, 11) is 0.989. The summed E-state index contributed by atoms with van der Waals surface area (Å²) in [5.41, 5.74) is -3.42. The fourth-order valence-corrected chi connectivity index (χ4v) is 2.95. The SMILES string of the molecule is COC(=O)c1c(C(F)F)nc(C(F)(F)F)c(CSC)c1CC(C)C. The maximum atomic E-state index is 13.3. The van der Waals surface area contributed by atoms with Gasteiger partial charge in [0.1, 0.15) is 11.4 Å². The van der Waals surface area contributed by atoms with E-state index in [1.807, 2.05) is 0 Å². The molecule has 0 amide bonds. The van der Waals surface area contributed by atoms with Crippen molar-refractivity contribution >= 4 is 17.7 Å². The van der Waals surface area contributed by atoms with E-state index in [1.54, 1.807) is 20.1 Å². The highest BCUT2D eigenvalue weighted by atomic mass is 32.2. The molecule has 0 unspecified atom stereocenters. The van der Waals surface area contributed by atoms with Crippen LogP contribution >= 0.6 is 11.8 Å². The zero-order valence-corrected chi connectivity index (χ0v) is 14.4. The molecule has 1 aromatic rings. The quantitative estimate of drug-likeness (QED) is 0.527. The molecule has 0 saturated heterocycles. The van der Waals surface area contributed by atoms with Gasteiger partial charge in [-0.05, 0) is 29.7 Å². The Bertz CT molecular complexity index is 603. The lowest BCUT2D eigenvalue weighted by Gasteiger charge is -2.22. The number of ether oxygens (including phenoxy) is 1. The Morgan fingerprint density at radius 2 is 1.83 bits per heavy atom. The molecular formula is C15H18F5NO2S. The Labute approximate surface area is 141 Å². The van der Waals surface area contributed by atoms with Crippen molar-refractivity contribution in [1.29, 1.82) is 0 Å². The fourth-order valence-electron chi connectivity index (χ4n) is 2.35. The van der Waals surface area contributed by atoms with Gasteiger partial charge in [-0.1, -0.05) is 13.8 Å². The molecule has 0 aromatic carbocycles. The Morgan fingerprint density at radius 1 is 1.25 bits per heavy atom. The number of aromatic nitrogens is 1. The first-order chi connectivity index (χ1) is 11.0. The number of halogens is 5. The second-order valence-corrected chi connectivity index (χ2v) is 6.36. The highest BCUT2D eigenvalue weighted by Crippen LogP contribution is 2.38. The van der Waals surface area contributed by atoms with Crippen LogP contribution in [0.15, 0.2) is 0 Å². The summed E-state index contributed by atoms with van der Waals surface area (Å²) in [6, 6.07) is 0. The van der Waals surface area contributed by atoms with Crippen molar-refractivity contribution in [3.05, 3.63) is 28.1 Å². The summed E-state index contributed by atoms with van der Waals surface area (Å²) in [5, 5.41) is 0. The number of rotatable bonds is 6. The van der Waals surface area contributed by atoms with Crippen LogP contribution in [-0.2, 0) is 23.1 Å². The number of carbonyl (C=O) groups is 1. The zero-order valence-electron chi connectivity index (χ0n) is 13.6. The van der Waals surface area contributed by atoms with Crippen molar-refractivity contribution in [2.24, 2.45) is 5.92 Å². The molecule has 1 heterocycles. The van der Waals surface area contributed by atoms with Crippen LogP contribution < -0.4 is 0 Å². The molecule has 1 aromatic heterocycles. The standard InChI is InChI=1S/C15H18F5NO2S/c1-7(2)5-8-9(6-24-4)12(15(18,19)20)21-11(13(16)17)10(8)14(22)23-3/h7,13H,5-6H2,1-4H3. The minimum Gasteiger partial charge on any atom is -0.465 e. The van der Waals surface area contributed by atoms with Gasteiger partial charge < -0.3 is 4.74 Å². The number of alkyl halides is 5. The molecule has 1 rings (SSSR count). The Morgan fingerprint density at radius 3 is 2.21 bits per heavy atom. The summed E-state index contributed by atoms with van der Waals surface area (Å²) in [6.45, 7) is 3.44. The van der Waals surface area contributed by atoms with E-state index < -0.39 is 35.5 Å². The maximum Gasteiger partial charge on any atom is 0.433 e. The third-order valence-corrected chi connectivity index (χ3v) is 3.78. The van der Waals surface area contributed by atoms with Gasteiger partial charge >= 0.3 is 12.1 Å². The molecule has 9 heteroatoms. The molecule has 0 bridgehead atoms. The molecule has 0 aliphatic rings. The first kappa shape index (κ1) is 20.7. The molecule has 0 saturated carbocycles. The second-order valence-electron chi connectivity index (χ2n) is 5.50. The Kier molecular flexibility index (Phi) is 7.00. The summed E-state index contributed by atoms with van der Waals surface area (Å²) in [4.78, 5) is 15.1. The van der Waals surface area contributed by atoms with E-state index in [-0.39, 0.29) is 29.2 Å². The van der Waals surface area contributed by atoms with Gasteiger partial charge in [-0.2, -0.15) is 24.9 Å². The fraction of sp³-hybridized carbons (Fsp3) is 0.600. The number of methoxy groups -OCH3 is 1. The monoisotopic (exact) mass is 371 g/mol. The van der Waals surface area contributed by atoms with Gasteiger partial charge in [0.15, 0.2) is 0 Å². The average Bonchev–Trinajstić information content (AvgIpc) is 2.45. The molecular weight excluding hydrogens is 353 g/mol. The van der Waals surface area contributed by atoms with Crippen LogP contribution in [0.5, 0.6) is 0 Å². The second kappa shape index (κ2) is 8.13. The van der Waals surface area contributed by atoms with E-state index in [4.69, 9.17) is 0 Å². The van der Waals surface area contributed by atoms with Crippen LogP contribution in [0.3, 0.4) is 0 Å². The minimum absolute atomic E-state index is 0.0334. The predicted octanol–water partition coefficient (Wildman–Crippen LogP) is 4.89. The van der Waals surface area contributed by atoms with Gasteiger partial charge in [0.25, 0.3) is 6.43 Å². The van der Waals surface area contributed by atoms with Crippen molar-refractivity contribution in [2.75, 3.05) is 13.4 Å². The third kappa shape index (κ3) is 4.58. The van der Waals surface area contributed by atoms with Gasteiger partial charge in [-0.25, -0.2) is 18.6 Å². The summed E-state index contributed by atoms with van der Waals surface area (Å²) in [5.74, 6) is -1.36. The number of hydrogen-bond acceptors (Lipinski definition) is 4. The largest absolute Gasteiger partial charge is 0.465 e. The average molecular weight is 371 g/mol. The van der Waals surface area contributed by atoms with Crippen molar-refractivity contribution in [3.63, 3.8) is 0 Å². The van der Waals surface area contributed by atoms with E-state index in [2.05, 4.69) is 9.72 Å². The molecule has 0 spiro atoms. The topological polar surface area (TPSA) is 39.2 Å². The normalized spacial score (nSPS) is 12.1. The molecule has 24 heavy (non-hydrogen) atoms. The number of nitrogens with zero attached hydrogens (tertiary/aromatic N) is 1. The smallest absolute Gasteiger partial charge is 0.433 e. The lowest BCUT2D eigenvalue weighted by atomic mass is 9.91. The molecule has 0 aliphatic heterocycles. The maximum absolute atomic E-state index is 13.3. The first-order valence-electron chi connectivity index (χ1n) is 7.02. The Hall–Kier alpha value is -1.38. The van der Waals surface area contributed by atoms with Gasteiger partial charge in [0.2, 0.25) is 0 Å². The van der Waals surface area contributed by atoms with Crippen molar-refractivity contribution in [3.8, 4) is 0 Å². The van der Waals surface area contributed by atoms with E-state index in [0.717, 1.165) is 18.9 Å². The summed E-state index contributed by atoms with van der Waals surface area (Å²) in [6.07, 6.45) is -6.60. The lowest BCUT2D eigenvalue weighted by molar-refractivity contribution is -0.142. The lowest BCUT2D eigenvalue weighted by Crippen LogP contribution is -2.22. The molecule has 0 aliphatic carbocycles. The molecule has 0 atom stereocenters. The summed E-state index contributed by atoms with van der Waals surface area (Å²) < 4.78 is 71.0. The number of pyridine rings is 1. The van der Waals surface area contributed by atoms with Crippen molar-refractivity contribution < 1.29 is 31.5 Å². The highest BCUT2D eigenvalue weighted by Gasteiger charge is 2.40. The molecule has 0 fully saturated rings. The summed E-state index contributed by atoms with van der Waals surface area (Å²) >= 11 is 1.09. The van der Waals surface area contributed by atoms with E-state index >= 15 is 0 Å². The minimum atomic E-state index is -4.89. The van der Waals surface area contributed by atoms with Gasteiger partial charge in [-0.15, -0.1) is 0 Å². The zero-order chi connectivity index (χ0) is 18.7. The predicted molar refractivity (Wildman–Crippen MR) is 81.3 cm³/mol. The van der Waals surface area contributed by atoms with Crippen LogP contribution in [-0.4, -0.2) is 24.3 Å². The van der Waals surface area contributed by atoms with Gasteiger partial charge in [0.05, 0.1) is 12.7 Å². The van der Waals surface area contributed by atoms with Crippen LogP contribution in [0.2, 0.25) is 0 Å². The van der Waals surface area contributed by atoms with Crippen molar-refractivity contribution in [1.82, 2.24) is 4.98 Å². The van der Waals surface area contributed by atoms with Crippen LogP contribution in [0.1, 0.15) is 53.1 Å². The van der Waals surface area contributed by atoms with E-state index in [0.29, 0.717) is 0 Å². The first-order valence-corrected chi connectivity index (χ1v) is 8.42. The Balaban J connectivity index is 3.90. The van der Waals surface area contributed by atoms with Crippen LogP contribution in [0, 0.1) is 5.92 Å². The number of carbonyl (C=O) groups excluding carboxylic acids is 1. The number of esters is 1. The molecule has 0 radical (unpaired) electrons.